The fourth-order valence-corrected chi connectivity index (χ4v) is 1.70. The van der Waals surface area contributed by atoms with Gasteiger partial charge < -0.3 is 4.74 Å². The van der Waals surface area contributed by atoms with Crippen LogP contribution < -0.4 is 4.74 Å². The summed E-state index contributed by atoms with van der Waals surface area (Å²) in [7, 11) is 0. The Bertz CT molecular complexity index is 617. The molecule has 2 rings (SSSR count). The molecule has 0 unspecified atom stereocenters. The molecule has 0 heterocycles. The van der Waals surface area contributed by atoms with Crippen LogP contribution in [0.15, 0.2) is 36.4 Å². The van der Waals surface area contributed by atoms with Crippen LogP contribution in [0.1, 0.15) is 5.56 Å². The Balaban J connectivity index is 2.51. The van der Waals surface area contributed by atoms with Crippen molar-refractivity contribution in [1.82, 2.24) is 0 Å². The Hall–Kier alpha value is -2.11. The number of alkyl halides is 3. The molecule has 0 saturated heterocycles. The predicted octanol–water partition coefficient (Wildman–Crippen LogP) is 4.84. The summed E-state index contributed by atoms with van der Waals surface area (Å²) >= 11 is 0. The highest BCUT2D eigenvalue weighted by molar-refractivity contribution is 5.66. The minimum absolute atomic E-state index is 0.161. The molecule has 1 nitrogen and oxygen atoms in total. The number of halogens is 5. The molecule has 0 fully saturated rings. The lowest BCUT2D eigenvalue weighted by Crippen LogP contribution is -2.19. The lowest BCUT2D eigenvalue weighted by atomic mass is 10.0. The largest absolute Gasteiger partial charge is 0.573 e. The zero-order valence-corrected chi connectivity index (χ0v) is 10.3. The first kappa shape index (κ1) is 14.3. The fourth-order valence-electron chi connectivity index (χ4n) is 1.70. The fraction of sp³-hybridized carbons (Fsp3) is 0.143. The van der Waals surface area contributed by atoms with Crippen LogP contribution in [0.4, 0.5) is 22.0 Å². The average Bonchev–Trinajstić information content (AvgIpc) is 2.35. The van der Waals surface area contributed by atoms with Crippen molar-refractivity contribution in [2.45, 2.75) is 13.3 Å². The summed E-state index contributed by atoms with van der Waals surface area (Å²) in [4.78, 5) is 0. The van der Waals surface area contributed by atoms with Gasteiger partial charge in [-0.2, -0.15) is 0 Å². The standard InChI is InChI=1S/C14H9F5O/c1-8-2-4-9(5-3-8)10-6-7-11(15)13(12(10)16)20-14(17,18)19/h2-7H,1H3. The number of ether oxygens (including phenoxy) is 1. The van der Waals surface area contributed by atoms with Gasteiger partial charge in [0.15, 0.2) is 11.6 Å². The third kappa shape index (κ3) is 3.07. The lowest BCUT2D eigenvalue weighted by molar-refractivity contribution is -0.276. The van der Waals surface area contributed by atoms with Crippen LogP contribution in [-0.4, -0.2) is 6.36 Å². The highest BCUT2D eigenvalue weighted by Gasteiger charge is 2.34. The maximum atomic E-state index is 14.0. The monoisotopic (exact) mass is 288 g/mol. The maximum Gasteiger partial charge on any atom is 0.573 e. The summed E-state index contributed by atoms with van der Waals surface area (Å²) in [5.74, 6) is -4.24. The van der Waals surface area contributed by atoms with E-state index in [1.165, 1.54) is 12.1 Å². The van der Waals surface area contributed by atoms with Gasteiger partial charge in [0.25, 0.3) is 0 Å². The van der Waals surface area contributed by atoms with Crippen LogP contribution in [0, 0.1) is 18.6 Å². The molecule has 0 spiro atoms. The van der Waals surface area contributed by atoms with Crippen molar-refractivity contribution in [1.29, 1.82) is 0 Å². The summed E-state index contributed by atoms with van der Waals surface area (Å²) in [5.41, 5.74) is 1.08. The van der Waals surface area contributed by atoms with Gasteiger partial charge in [-0.3, -0.25) is 0 Å². The zero-order chi connectivity index (χ0) is 14.9. The molecule has 0 atom stereocenters. The van der Waals surface area contributed by atoms with Gasteiger partial charge in [0.1, 0.15) is 0 Å². The molecule has 2 aromatic carbocycles. The van der Waals surface area contributed by atoms with Crippen molar-refractivity contribution in [3.8, 4) is 16.9 Å². The molecule has 6 heteroatoms. The van der Waals surface area contributed by atoms with E-state index in [-0.39, 0.29) is 5.56 Å². The predicted molar refractivity (Wildman–Crippen MR) is 63.2 cm³/mol. The van der Waals surface area contributed by atoms with Crippen LogP contribution in [0.5, 0.6) is 5.75 Å². The topological polar surface area (TPSA) is 9.23 Å². The van der Waals surface area contributed by atoms with Gasteiger partial charge >= 0.3 is 6.36 Å². The summed E-state index contributed by atoms with van der Waals surface area (Å²) in [6.07, 6.45) is -5.16. The second-order valence-corrected chi connectivity index (χ2v) is 4.15. The van der Waals surface area contributed by atoms with Gasteiger partial charge in [-0.15, -0.1) is 13.2 Å². The zero-order valence-electron chi connectivity index (χ0n) is 10.3. The van der Waals surface area contributed by atoms with Gasteiger partial charge in [-0.25, -0.2) is 8.78 Å². The molecular weight excluding hydrogens is 279 g/mol. The van der Waals surface area contributed by atoms with E-state index in [4.69, 9.17) is 0 Å². The Kier molecular flexibility index (Phi) is 3.65. The van der Waals surface area contributed by atoms with Crippen LogP contribution >= 0.6 is 0 Å². The number of hydrogen-bond donors (Lipinski definition) is 0. The van der Waals surface area contributed by atoms with Crippen LogP contribution in [0.2, 0.25) is 0 Å². The van der Waals surface area contributed by atoms with Gasteiger partial charge in [-0.1, -0.05) is 29.8 Å². The number of benzene rings is 2. The Morgan fingerprint density at radius 3 is 2.05 bits per heavy atom. The molecule has 0 aliphatic rings. The molecule has 0 N–H and O–H groups in total. The highest BCUT2D eigenvalue weighted by atomic mass is 19.4. The second-order valence-electron chi connectivity index (χ2n) is 4.15. The molecule has 0 saturated carbocycles. The Morgan fingerprint density at radius 2 is 1.50 bits per heavy atom. The normalized spacial score (nSPS) is 11.5. The second kappa shape index (κ2) is 5.11. The van der Waals surface area contributed by atoms with Crippen molar-refractivity contribution >= 4 is 0 Å². The molecule has 0 aliphatic heterocycles. The molecular formula is C14H9F5O. The van der Waals surface area contributed by atoms with Crippen LogP contribution in [-0.2, 0) is 0 Å². The van der Waals surface area contributed by atoms with Crippen molar-refractivity contribution in [2.75, 3.05) is 0 Å². The molecule has 0 radical (unpaired) electrons. The first-order valence-corrected chi connectivity index (χ1v) is 5.59. The van der Waals surface area contributed by atoms with Crippen LogP contribution in [0.25, 0.3) is 11.1 Å². The smallest absolute Gasteiger partial charge is 0.399 e. The Labute approximate surface area is 111 Å². The van der Waals surface area contributed by atoms with Crippen LogP contribution in [0.3, 0.4) is 0 Å². The quantitative estimate of drug-likeness (QED) is 0.718. The third-order valence-electron chi connectivity index (χ3n) is 2.63. The summed E-state index contributed by atoms with van der Waals surface area (Å²) < 4.78 is 67.1. The molecule has 2 aromatic rings. The first-order valence-electron chi connectivity index (χ1n) is 5.59. The van der Waals surface area contributed by atoms with Gasteiger partial charge in [0, 0.05) is 5.56 Å². The number of rotatable bonds is 2. The van der Waals surface area contributed by atoms with E-state index in [0.717, 1.165) is 17.7 Å². The van der Waals surface area contributed by atoms with Gasteiger partial charge in [-0.05, 0) is 24.6 Å². The van der Waals surface area contributed by atoms with Gasteiger partial charge in [0.2, 0.25) is 5.75 Å². The minimum Gasteiger partial charge on any atom is -0.399 e. The van der Waals surface area contributed by atoms with E-state index in [2.05, 4.69) is 4.74 Å². The van der Waals surface area contributed by atoms with E-state index in [9.17, 15) is 22.0 Å². The highest BCUT2D eigenvalue weighted by Crippen LogP contribution is 2.34. The molecule has 20 heavy (non-hydrogen) atoms. The Morgan fingerprint density at radius 1 is 0.900 bits per heavy atom. The summed E-state index contributed by atoms with van der Waals surface area (Å²) in [6, 6.07) is 8.20. The van der Waals surface area contributed by atoms with Crippen molar-refractivity contribution < 1.29 is 26.7 Å². The van der Waals surface area contributed by atoms with Crippen molar-refractivity contribution in [3.63, 3.8) is 0 Å². The molecule has 0 aliphatic carbocycles. The molecule has 0 bridgehead atoms. The minimum atomic E-state index is -5.16. The molecule has 0 aromatic heterocycles. The van der Waals surface area contributed by atoms with E-state index in [1.54, 1.807) is 12.1 Å². The number of aryl methyl sites for hydroxylation is 1. The van der Waals surface area contributed by atoms with E-state index < -0.39 is 23.7 Å². The average molecular weight is 288 g/mol. The summed E-state index contributed by atoms with van der Waals surface area (Å²) in [6.45, 7) is 1.81. The third-order valence-corrected chi connectivity index (χ3v) is 2.63. The first-order chi connectivity index (χ1) is 9.28. The number of hydrogen-bond acceptors (Lipinski definition) is 1. The summed E-state index contributed by atoms with van der Waals surface area (Å²) in [5, 5.41) is 0. The van der Waals surface area contributed by atoms with E-state index in [1.807, 2.05) is 6.92 Å². The maximum absolute atomic E-state index is 14.0. The van der Waals surface area contributed by atoms with E-state index >= 15 is 0 Å². The lowest BCUT2D eigenvalue weighted by Gasteiger charge is -2.13. The molecule has 106 valence electrons. The molecule has 0 amide bonds. The van der Waals surface area contributed by atoms with Gasteiger partial charge in [0.05, 0.1) is 0 Å². The van der Waals surface area contributed by atoms with Crippen molar-refractivity contribution in [2.24, 2.45) is 0 Å². The van der Waals surface area contributed by atoms with E-state index in [0.29, 0.717) is 5.56 Å². The van der Waals surface area contributed by atoms with Crippen molar-refractivity contribution in [3.05, 3.63) is 53.6 Å². The SMILES string of the molecule is Cc1ccc(-c2ccc(F)c(OC(F)(F)F)c2F)cc1.